The molecule has 12 heteroatoms. The summed E-state index contributed by atoms with van der Waals surface area (Å²) in [5.41, 5.74) is 1.43. The zero-order valence-electron chi connectivity index (χ0n) is 21.7. The van der Waals surface area contributed by atoms with Crippen LogP contribution in [0.2, 0.25) is 5.02 Å². The van der Waals surface area contributed by atoms with Gasteiger partial charge >= 0.3 is 0 Å². The van der Waals surface area contributed by atoms with Crippen molar-refractivity contribution in [3.8, 4) is 11.5 Å². The minimum atomic E-state index is -1.93. The predicted octanol–water partition coefficient (Wildman–Crippen LogP) is 5.36. The van der Waals surface area contributed by atoms with Gasteiger partial charge in [0.25, 0.3) is 11.8 Å². The third-order valence-electron chi connectivity index (χ3n) is 8.72. The number of aromatic hydroxyl groups is 1. The van der Waals surface area contributed by atoms with Crippen molar-refractivity contribution in [2.45, 2.75) is 35.4 Å². The first kappa shape index (κ1) is 28.5. The van der Waals surface area contributed by atoms with Crippen LogP contribution < -0.4 is 9.64 Å². The Morgan fingerprint density at radius 1 is 1.02 bits per heavy atom. The lowest BCUT2D eigenvalue weighted by Gasteiger charge is -2.50. The summed E-state index contributed by atoms with van der Waals surface area (Å²) >= 11 is 23.7. The van der Waals surface area contributed by atoms with Crippen LogP contribution in [0.25, 0.3) is 0 Å². The molecule has 41 heavy (non-hydrogen) atoms. The molecule has 0 aromatic heterocycles. The molecule has 1 N–H and O–H groups in total. The van der Waals surface area contributed by atoms with E-state index in [-0.39, 0.29) is 42.3 Å². The lowest BCUT2D eigenvalue weighted by Crippen LogP contribution is -2.60. The van der Waals surface area contributed by atoms with E-state index in [9.17, 15) is 24.3 Å². The summed E-state index contributed by atoms with van der Waals surface area (Å²) in [4.78, 5) is 53.5. The number of alkyl halides is 3. The summed E-state index contributed by atoms with van der Waals surface area (Å²) in [5, 5.41) is 10.9. The summed E-state index contributed by atoms with van der Waals surface area (Å²) in [6, 6.07) is 11.0. The van der Waals surface area contributed by atoms with Crippen molar-refractivity contribution in [3.63, 3.8) is 0 Å². The molecule has 214 valence electrons. The molecule has 0 spiro atoms. The van der Waals surface area contributed by atoms with Crippen molar-refractivity contribution in [2.75, 3.05) is 17.0 Å². The molecule has 4 aliphatic rings. The first-order valence-corrected chi connectivity index (χ1v) is 15.3. The number of carbonyl (C=O) groups is 4. The van der Waals surface area contributed by atoms with Gasteiger partial charge in [0.2, 0.25) is 11.8 Å². The number of nitrogens with zero attached hydrogens (tertiary/aromatic N) is 2. The van der Waals surface area contributed by atoms with Gasteiger partial charge in [-0.15, -0.1) is 23.2 Å². The van der Waals surface area contributed by atoms with E-state index in [1.807, 2.05) is 6.08 Å². The molecule has 2 aliphatic heterocycles. The molecular weight excluding hydrogens is 659 g/mol. The number of halogens is 4. The molecule has 2 heterocycles. The van der Waals surface area contributed by atoms with E-state index in [1.165, 1.54) is 11.0 Å². The molecule has 8 nitrogen and oxygen atoms in total. The monoisotopic (exact) mass is 680 g/mol. The molecule has 2 aliphatic carbocycles. The zero-order valence-corrected chi connectivity index (χ0v) is 25.5. The standard InChI is InChI=1S/C29H24BrCl3N2O6/c1-2-41-21-11-14(3-10-20(21)36)23-17-8-9-18-22(25(38)35(24(18)37)16-6-4-15(31)5-7-16)19(17)12-28(32)26(39)34(13-30)27(40)29(23,28)33/h3-8,10-11,18-19,22-23,36H,2,9,12-13H2,1H3/t18-,19+,22-,23-,28+,29-/m0/s1. The van der Waals surface area contributed by atoms with E-state index in [4.69, 9.17) is 39.5 Å². The largest absolute Gasteiger partial charge is 0.504 e. The smallest absolute Gasteiger partial charge is 0.254 e. The molecule has 0 bridgehead atoms. The summed E-state index contributed by atoms with van der Waals surface area (Å²) in [5.74, 6) is -5.11. The van der Waals surface area contributed by atoms with E-state index in [0.29, 0.717) is 21.8 Å². The predicted molar refractivity (Wildman–Crippen MR) is 157 cm³/mol. The van der Waals surface area contributed by atoms with Crippen LogP contribution in [0.1, 0.15) is 31.2 Å². The topological polar surface area (TPSA) is 104 Å². The maximum absolute atomic E-state index is 14.0. The molecule has 2 saturated heterocycles. The number of phenols is 1. The minimum absolute atomic E-state index is 0.104. The third kappa shape index (κ3) is 3.85. The fourth-order valence-corrected chi connectivity index (χ4v) is 8.50. The Bertz CT molecular complexity index is 1530. The Hall–Kier alpha value is -2.59. The van der Waals surface area contributed by atoms with Crippen LogP contribution in [-0.4, -0.2) is 55.4 Å². The summed E-state index contributed by atoms with van der Waals surface area (Å²) < 4.78 is 5.61. The molecule has 0 radical (unpaired) electrons. The third-order valence-corrected chi connectivity index (χ3v) is 10.9. The Kier molecular flexibility index (Phi) is 6.96. The van der Waals surface area contributed by atoms with Gasteiger partial charge in [0.1, 0.15) is 0 Å². The van der Waals surface area contributed by atoms with E-state index in [0.717, 1.165) is 4.90 Å². The van der Waals surface area contributed by atoms with Gasteiger partial charge in [-0.2, -0.15) is 0 Å². The summed E-state index contributed by atoms with van der Waals surface area (Å²) in [6.07, 6.45) is 1.99. The van der Waals surface area contributed by atoms with Crippen LogP contribution in [0, 0.1) is 17.8 Å². The van der Waals surface area contributed by atoms with Gasteiger partial charge in [-0.05, 0) is 67.6 Å². The van der Waals surface area contributed by atoms with Gasteiger partial charge in [-0.1, -0.05) is 45.2 Å². The molecular formula is C29H24BrCl3N2O6. The van der Waals surface area contributed by atoms with Crippen LogP contribution in [0.4, 0.5) is 5.69 Å². The number of carbonyl (C=O) groups excluding carboxylic acids is 4. The Labute approximate surface area is 259 Å². The van der Waals surface area contributed by atoms with E-state index in [1.54, 1.807) is 43.3 Å². The second-order valence-electron chi connectivity index (χ2n) is 10.6. The molecule has 3 fully saturated rings. The lowest BCUT2D eigenvalue weighted by molar-refractivity contribution is -0.138. The zero-order chi connectivity index (χ0) is 29.4. The van der Waals surface area contributed by atoms with Gasteiger partial charge in [-0.25, -0.2) is 0 Å². The highest BCUT2D eigenvalue weighted by atomic mass is 79.9. The summed E-state index contributed by atoms with van der Waals surface area (Å²) in [6.45, 7) is 2.04. The number of likely N-dealkylation sites (tertiary alicyclic amines) is 1. The Balaban J connectivity index is 1.52. The highest BCUT2D eigenvalue weighted by Crippen LogP contribution is 2.65. The highest BCUT2D eigenvalue weighted by molar-refractivity contribution is 9.09. The first-order chi connectivity index (χ1) is 19.5. The quantitative estimate of drug-likeness (QED) is 0.197. The van der Waals surface area contributed by atoms with Crippen LogP contribution >= 0.6 is 50.7 Å². The number of rotatable bonds is 5. The number of imide groups is 2. The van der Waals surface area contributed by atoms with Crippen molar-refractivity contribution in [1.82, 2.24) is 4.90 Å². The second-order valence-corrected chi connectivity index (χ2v) is 12.8. The number of ether oxygens (including phenoxy) is 1. The van der Waals surface area contributed by atoms with Gasteiger partial charge < -0.3 is 9.84 Å². The van der Waals surface area contributed by atoms with Gasteiger partial charge in [0.15, 0.2) is 21.2 Å². The molecule has 2 aromatic carbocycles. The van der Waals surface area contributed by atoms with Crippen LogP contribution in [0.5, 0.6) is 11.5 Å². The number of fused-ring (bicyclic) bond motifs is 4. The maximum atomic E-state index is 14.0. The second kappa shape index (κ2) is 10.0. The van der Waals surface area contributed by atoms with Crippen LogP contribution in [0.3, 0.4) is 0 Å². The number of benzene rings is 2. The van der Waals surface area contributed by atoms with Gasteiger partial charge in [0.05, 0.1) is 29.6 Å². The van der Waals surface area contributed by atoms with Crippen molar-refractivity contribution in [3.05, 3.63) is 64.7 Å². The number of amides is 4. The molecule has 1 saturated carbocycles. The number of hydrogen-bond donors (Lipinski definition) is 1. The number of allylic oxidation sites excluding steroid dienone is 2. The number of phenolic OH excluding ortho intramolecular Hbond substituents is 1. The Morgan fingerprint density at radius 3 is 2.39 bits per heavy atom. The molecule has 6 atom stereocenters. The van der Waals surface area contributed by atoms with Gasteiger partial charge in [0, 0.05) is 10.9 Å². The average Bonchev–Trinajstić information content (AvgIpc) is 3.28. The molecule has 2 aromatic rings. The number of hydrogen-bond acceptors (Lipinski definition) is 6. The normalized spacial score (nSPS) is 32.6. The van der Waals surface area contributed by atoms with Crippen molar-refractivity contribution >= 4 is 80.0 Å². The SMILES string of the molecule is CCOc1cc([C@H]2C3=CC[C@@H]4C(=O)N(c5ccc(Cl)cc5)C(=O)[C@@H]4[C@@H]3C[C@@]3(Cl)C(=O)N(CBr)C(=O)[C@@]23Cl)ccc1O. The lowest BCUT2D eigenvalue weighted by atomic mass is 9.56. The Morgan fingerprint density at radius 2 is 1.73 bits per heavy atom. The van der Waals surface area contributed by atoms with Crippen molar-refractivity contribution in [2.24, 2.45) is 17.8 Å². The summed E-state index contributed by atoms with van der Waals surface area (Å²) in [7, 11) is 0. The highest BCUT2D eigenvalue weighted by Gasteiger charge is 2.76. The maximum Gasteiger partial charge on any atom is 0.254 e. The fourth-order valence-electron chi connectivity index (χ4n) is 6.95. The van der Waals surface area contributed by atoms with Crippen LogP contribution in [-0.2, 0) is 19.2 Å². The van der Waals surface area contributed by atoms with E-state index < -0.39 is 51.1 Å². The molecule has 6 rings (SSSR count). The van der Waals surface area contributed by atoms with Gasteiger partial charge in [-0.3, -0.25) is 29.0 Å². The fraction of sp³-hybridized carbons (Fsp3) is 0.379. The van der Waals surface area contributed by atoms with Crippen molar-refractivity contribution < 1.29 is 29.0 Å². The van der Waals surface area contributed by atoms with E-state index >= 15 is 0 Å². The van der Waals surface area contributed by atoms with E-state index in [2.05, 4.69) is 15.9 Å². The number of anilines is 1. The minimum Gasteiger partial charge on any atom is -0.504 e. The van der Waals surface area contributed by atoms with Crippen molar-refractivity contribution in [1.29, 1.82) is 0 Å². The van der Waals surface area contributed by atoms with Crippen LogP contribution in [0.15, 0.2) is 54.1 Å². The molecule has 0 unspecified atom stereocenters. The first-order valence-electron chi connectivity index (χ1n) is 13.1. The molecule has 4 amide bonds. The average molecular weight is 683 g/mol.